The first-order valence-corrected chi connectivity index (χ1v) is 8.53. The zero-order valence-electron chi connectivity index (χ0n) is 12.1. The highest BCUT2D eigenvalue weighted by molar-refractivity contribution is 7.93. The molecule has 0 radical (unpaired) electrons. The first kappa shape index (κ1) is 16.4. The third-order valence-electron chi connectivity index (χ3n) is 3.58. The molecule has 1 aromatic heterocycles. The highest BCUT2D eigenvalue weighted by Gasteiger charge is 2.46. The largest absolute Gasteiger partial charge is 0.416 e. The molecule has 1 atom stereocenters. The van der Waals surface area contributed by atoms with Gasteiger partial charge in [0.2, 0.25) is 5.91 Å². The number of hydrogen-bond donors (Lipinski definition) is 0. The van der Waals surface area contributed by atoms with E-state index in [0.29, 0.717) is 0 Å². The molecule has 0 saturated carbocycles. The van der Waals surface area contributed by atoms with Crippen molar-refractivity contribution in [2.24, 2.45) is 0 Å². The lowest BCUT2D eigenvalue weighted by Crippen LogP contribution is -2.29. The van der Waals surface area contributed by atoms with Gasteiger partial charge < -0.3 is 0 Å². The minimum atomic E-state index is -4.51. The van der Waals surface area contributed by atoms with Crippen LogP contribution in [-0.4, -0.2) is 25.1 Å². The number of anilines is 1. The fraction of sp³-hybridized carbons (Fsp3) is 0.200. The standard InChI is InChI=1S/C15H11F3N2O3S/c16-15(17,18)10-4-6-11(7-5-10)20-13(21)9-24(22,23)14(20)12-3-1-2-8-19-12/h1-8,14H,9H2/t14-/m0/s1. The topological polar surface area (TPSA) is 67.3 Å². The molecule has 1 amide bonds. The zero-order chi connectivity index (χ0) is 17.5. The highest BCUT2D eigenvalue weighted by atomic mass is 32.2. The van der Waals surface area contributed by atoms with E-state index in [0.717, 1.165) is 29.2 Å². The third-order valence-corrected chi connectivity index (χ3v) is 5.36. The second-order valence-corrected chi connectivity index (χ2v) is 7.28. The Morgan fingerprint density at radius 3 is 2.29 bits per heavy atom. The minimum absolute atomic E-state index is 0.0738. The van der Waals surface area contributed by atoms with Crippen molar-refractivity contribution in [3.63, 3.8) is 0 Å². The van der Waals surface area contributed by atoms with Gasteiger partial charge in [-0.1, -0.05) is 6.07 Å². The Hall–Kier alpha value is -2.42. The fourth-order valence-corrected chi connectivity index (χ4v) is 4.25. The van der Waals surface area contributed by atoms with E-state index in [4.69, 9.17) is 0 Å². The molecular weight excluding hydrogens is 345 g/mol. The average molecular weight is 356 g/mol. The van der Waals surface area contributed by atoms with Crippen molar-refractivity contribution in [3.8, 4) is 0 Å². The molecule has 1 aliphatic rings. The number of carbonyl (C=O) groups is 1. The predicted octanol–water partition coefficient (Wildman–Crippen LogP) is 2.56. The van der Waals surface area contributed by atoms with Crippen molar-refractivity contribution in [1.29, 1.82) is 0 Å². The average Bonchev–Trinajstić information content (AvgIpc) is 2.76. The molecule has 3 rings (SSSR count). The van der Waals surface area contributed by atoms with Crippen LogP contribution in [0, 0.1) is 0 Å². The number of benzene rings is 1. The Labute approximate surface area is 135 Å². The normalized spacial score (nSPS) is 20.4. The van der Waals surface area contributed by atoms with Gasteiger partial charge >= 0.3 is 6.18 Å². The molecule has 0 bridgehead atoms. The minimum Gasteiger partial charge on any atom is -0.288 e. The van der Waals surface area contributed by atoms with Crippen molar-refractivity contribution in [2.75, 3.05) is 10.7 Å². The van der Waals surface area contributed by atoms with Gasteiger partial charge in [-0.3, -0.25) is 14.7 Å². The van der Waals surface area contributed by atoms with E-state index in [2.05, 4.69) is 4.98 Å². The van der Waals surface area contributed by atoms with E-state index in [1.54, 1.807) is 12.1 Å². The van der Waals surface area contributed by atoms with Crippen molar-refractivity contribution in [2.45, 2.75) is 11.6 Å². The van der Waals surface area contributed by atoms with Crippen LogP contribution < -0.4 is 4.90 Å². The molecule has 0 aliphatic carbocycles. The maximum absolute atomic E-state index is 12.7. The molecule has 1 aromatic carbocycles. The highest BCUT2D eigenvalue weighted by Crippen LogP contribution is 2.38. The maximum atomic E-state index is 12.7. The first-order chi connectivity index (χ1) is 11.2. The molecule has 126 valence electrons. The van der Waals surface area contributed by atoms with Crippen LogP contribution in [0.5, 0.6) is 0 Å². The molecule has 5 nitrogen and oxygen atoms in total. The Kier molecular flexibility index (Phi) is 3.83. The molecule has 0 N–H and O–H groups in total. The molecule has 1 fully saturated rings. The fourth-order valence-electron chi connectivity index (χ4n) is 2.54. The van der Waals surface area contributed by atoms with E-state index < -0.39 is 38.6 Å². The lowest BCUT2D eigenvalue weighted by atomic mass is 10.2. The van der Waals surface area contributed by atoms with Gasteiger partial charge in [0.15, 0.2) is 15.2 Å². The zero-order valence-corrected chi connectivity index (χ0v) is 12.9. The Balaban J connectivity index is 2.06. The number of alkyl halides is 3. The van der Waals surface area contributed by atoms with Crippen LogP contribution in [0.25, 0.3) is 0 Å². The van der Waals surface area contributed by atoms with E-state index in [9.17, 15) is 26.4 Å². The van der Waals surface area contributed by atoms with Crippen LogP contribution >= 0.6 is 0 Å². The molecule has 1 saturated heterocycles. The first-order valence-electron chi connectivity index (χ1n) is 6.82. The van der Waals surface area contributed by atoms with Crippen molar-refractivity contribution in [1.82, 2.24) is 4.98 Å². The number of nitrogens with zero attached hydrogens (tertiary/aromatic N) is 2. The number of carbonyl (C=O) groups excluding carboxylic acids is 1. The van der Waals surface area contributed by atoms with Crippen LogP contribution in [0.2, 0.25) is 0 Å². The van der Waals surface area contributed by atoms with Crippen LogP contribution in [0.4, 0.5) is 18.9 Å². The number of sulfone groups is 1. The molecule has 24 heavy (non-hydrogen) atoms. The van der Waals surface area contributed by atoms with Crippen molar-refractivity contribution < 1.29 is 26.4 Å². The monoisotopic (exact) mass is 356 g/mol. The number of amides is 1. The summed E-state index contributed by atoms with van der Waals surface area (Å²) >= 11 is 0. The molecule has 0 unspecified atom stereocenters. The molecule has 0 spiro atoms. The summed E-state index contributed by atoms with van der Waals surface area (Å²) in [6, 6.07) is 8.40. The van der Waals surface area contributed by atoms with Crippen LogP contribution in [0.3, 0.4) is 0 Å². The smallest absolute Gasteiger partial charge is 0.288 e. The summed E-state index contributed by atoms with van der Waals surface area (Å²) in [6.45, 7) is 0. The number of hydrogen-bond acceptors (Lipinski definition) is 4. The predicted molar refractivity (Wildman–Crippen MR) is 79.7 cm³/mol. The van der Waals surface area contributed by atoms with E-state index in [1.807, 2.05) is 0 Å². The number of rotatable bonds is 2. The van der Waals surface area contributed by atoms with Gasteiger partial charge in [0.1, 0.15) is 5.75 Å². The van der Waals surface area contributed by atoms with Gasteiger partial charge in [-0.2, -0.15) is 13.2 Å². The summed E-state index contributed by atoms with van der Waals surface area (Å²) < 4.78 is 62.6. The number of pyridine rings is 1. The lowest BCUT2D eigenvalue weighted by Gasteiger charge is -2.23. The van der Waals surface area contributed by atoms with Crippen molar-refractivity contribution in [3.05, 3.63) is 59.9 Å². The summed E-state index contributed by atoms with van der Waals surface area (Å²) in [4.78, 5) is 17.1. The molecule has 2 heterocycles. The van der Waals surface area contributed by atoms with Gasteiger partial charge in [-0.25, -0.2) is 8.42 Å². The van der Waals surface area contributed by atoms with Gasteiger partial charge in [0, 0.05) is 11.9 Å². The van der Waals surface area contributed by atoms with E-state index in [-0.39, 0.29) is 11.4 Å². The van der Waals surface area contributed by atoms with Gasteiger partial charge in [0.25, 0.3) is 0 Å². The second-order valence-electron chi connectivity index (χ2n) is 5.22. The van der Waals surface area contributed by atoms with Gasteiger partial charge in [0.05, 0.1) is 11.3 Å². The second kappa shape index (κ2) is 5.59. The maximum Gasteiger partial charge on any atom is 0.416 e. The van der Waals surface area contributed by atoms with Crippen LogP contribution in [0.15, 0.2) is 48.7 Å². The van der Waals surface area contributed by atoms with Crippen LogP contribution in [-0.2, 0) is 20.8 Å². The molecule has 1 aliphatic heterocycles. The van der Waals surface area contributed by atoms with E-state index in [1.165, 1.54) is 12.3 Å². The summed E-state index contributed by atoms with van der Waals surface area (Å²) in [7, 11) is -3.83. The Morgan fingerprint density at radius 1 is 1.08 bits per heavy atom. The quantitative estimate of drug-likeness (QED) is 0.829. The SMILES string of the molecule is O=C1CS(=O)(=O)[C@@H](c2ccccn2)N1c1ccc(C(F)(F)F)cc1. The van der Waals surface area contributed by atoms with Gasteiger partial charge in [-0.15, -0.1) is 0 Å². The van der Waals surface area contributed by atoms with Gasteiger partial charge in [-0.05, 0) is 36.4 Å². The Morgan fingerprint density at radius 2 is 1.75 bits per heavy atom. The molecular formula is C15H11F3N2O3S. The molecule has 2 aromatic rings. The van der Waals surface area contributed by atoms with Crippen LogP contribution in [0.1, 0.15) is 16.6 Å². The Bertz CT molecular complexity index is 865. The summed E-state index contributed by atoms with van der Waals surface area (Å²) in [6.07, 6.45) is -3.13. The summed E-state index contributed by atoms with van der Waals surface area (Å²) in [5.41, 5.74) is -0.664. The van der Waals surface area contributed by atoms with E-state index >= 15 is 0 Å². The van der Waals surface area contributed by atoms with Crippen molar-refractivity contribution >= 4 is 21.4 Å². The molecule has 9 heteroatoms. The number of aromatic nitrogens is 1. The number of halogens is 3. The summed E-state index contributed by atoms with van der Waals surface area (Å²) in [5.74, 6) is -1.42. The lowest BCUT2D eigenvalue weighted by molar-refractivity contribution is -0.137. The third kappa shape index (κ3) is 2.86. The summed E-state index contributed by atoms with van der Waals surface area (Å²) in [5, 5.41) is -1.34.